The number of rotatable bonds is 3. The molecule has 11 nitrogen and oxygen atoms in total. The highest BCUT2D eigenvalue weighted by Crippen LogP contribution is 2.32. The van der Waals surface area contributed by atoms with Crippen molar-refractivity contribution in [2.24, 2.45) is 0 Å². The first-order valence-electron chi connectivity index (χ1n) is 9.49. The zero-order valence-corrected chi connectivity index (χ0v) is 15.6. The number of aliphatic hydroxyl groups is 5. The highest BCUT2D eigenvalue weighted by atomic mass is 16.7. The summed E-state index contributed by atoms with van der Waals surface area (Å²) >= 11 is 0. The topological polar surface area (TPSA) is 167 Å². The lowest BCUT2D eigenvalue weighted by Gasteiger charge is -2.46. The smallest absolute Gasteiger partial charge is 0.216 e. The summed E-state index contributed by atoms with van der Waals surface area (Å²) in [5.74, 6) is -0.302. The molecule has 162 valence electrons. The van der Waals surface area contributed by atoms with Crippen molar-refractivity contribution in [1.29, 1.82) is 0 Å². The maximum absolute atomic E-state index is 11.3. The van der Waals surface area contributed by atoms with Gasteiger partial charge in [-0.05, 0) is 12.8 Å². The first-order chi connectivity index (χ1) is 13.3. The lowest BCUT2D eigenvalue weighted by atomic mass is 9.92. The van der Waals surface area contributed by atoms with Gasteiger partial charge in [-0.25, -0.2) is 0 Å². The minimum atomic E-state index is -1.51. The largest absolute Gasteiger partial charge is 0.394 e. The molecule has 1 amide bonds. The van der Waals surface area contributed by atoms with E-state index in [1.54, 1.807) is 0 Å². The van der Waals surface area contributed by atoms with Gasteiger partial charge in [-0.2, -0.15) is 0 Å². The molecule has 0 aromatic carbocycles. The van der Waals surface area contributed by atoms with Gasteiger partial charge in [0.2, 0.25) is 5.91 Å². The molecule has 6 rings (SSSR count). The van der Waals surface area contributed by atoms with Gasteiger partial charge < -0.3 is 49.8 Å². The summed E-state index contributed by atoms with van der Waals surface area (Å²) in [6.45, 7) is 1.03. The van der Waals surface area contributed by atoms with Gasteiger partial charge in [0.15, 0.2) is 6.29 Å². The van der Waals surface area contributed by atoms with Crippen molar-refractivity contribution in [2.75, 3.05) is 19.8 Å². The molecular weight excluding hydrogens is 378 g/mol. The van der Waals surface area contributed by atoms with E-state index >= 15 is 0 Å². The van der Waals surface area contributed by atoms with Crippen LogP contribution < -0.4 is 5.32 Å². The fourth-order valence-electron chi connectivity index (χ4n) is 3.86. The Labute approximate surface area is 162 Å². The molecule has 0 saturated carbocycles. The molecule has 0 aliphatic carbocycles. The average Bonchev–Trinajstić information content (AvgIpc) is 2.69. The van der Waals surface area contributed by atoms with E-state index in [-0.39, 0.29) is 19.1 Å². The Balaban J connectivity index is 1.87. The Morgan fingerprint density at radius 3 is 2.36 bits per heavy atom. The van der Waals surface area contributed by atoms with E-state index in [0.29, 0.717) is 12.8 Å². The third-order valence-corrected chi connectivity index (χ3v) is 5.39. The molecule has 0 radical (unpaired) electrons. The Morgan fingerprint density at radius 2 is 1.68 bits per heavy atom. The van der Waals surface area contributed by atoms with Crippen LogP contribution in [0.1, 0.15) is 19.8 Å². The van der Waals surface area contributed by atoms with Crippen molar-refractivity contribution >= 4 is 5.91 Å². The minimum absolute atomic E-state index is 0.0159. The zero-order valence-electron chi connectivity index (χ0n) is 15.6. The number of aliphatic hydroxyl groups excluding tert-OH is 5. The van der Waals surface area contributed by atoms with Gasteiger partial charge in [-0.3, -0.25) is 4.79 Å². The van der Waals surface area contributed by atoms with Gasteiger partial charge >= 0.3 is 0 Å². The second-order valence-corrected chi connectivity index (χ2v) is 7.42. The van der Waals surface area contributed by atoms with E-state index in [0.717, 1.165) is 0 Å². The number of ether oxygens (including phenoxy) is 4. The standard InChI is InChI=1S/C17H29NO10/c1-7(20)18-5-9-15-13(23)14(24)17(27-9)28-16-10(6-19)26-8(3-2-4-25-15)11(21)12(16)22/h8-17,19,21-24H,2-6H2,1H3,(H,18,20)/t8-,9-,10-,11+,12-,13-,14-,15-,16?,17-/m1/s1. The van der Waals surface area contributed by atoms with Crippen molar-refractivity contribution in [3.05, 3.63) is 0 Å². The van der Waals surface area contributed by atoms with Gasteiger partial charge in [0, 0.05) is 20.1 Å². The zero-order chi connectivity index (χ0) is 20.4. The Bertz CT molecular complexity index is 534. The second kappa shape index (κ2) is 9.28. The molecule has 6 saturated heterocycles. The van der Waals surface area contributed by atoms with Crippen molar-refractivity contribution in [1.82, 2.24) is 5.32 Å². The lowest BCUT2D eigenvalue weighted by molar-refractivity contribution is -0.339. The van der Waals surface area contributed by atoms with Crippen LogP contribution in [-0.2, 0) is 23.7 Å². The predicted octanol–water partition coefficient (Wildman–Crippen LogP) is -3.39. The Morgan fingerprint density at radius 1 is 0.964 bits per heavy atom. The molecular formula is C17H29NO10. The maximum atomic E-state index is 11.3. The van der Waals surface area contributed by atoms with Crippen LogP contribution in [0.4, 0.5) is 0 Å². The molecule has 1 unspecified atom stereocenters. The van der Waals surface area contributed by atoms with E-state index < -0.39 is 67.8 Å². The van der Waals surface area contributed by atoms with E-state index in [1.165, 1.54) is 6.92 Å². The highest BCUT2D eigenvalue weighted by Gasteiger charge is 2.51. The number of carbonyl (C=O) groups excluding carboxylic acids is 1. The van der Waals surface area contributed by atoms with E-state index in [9.17, 15) is 30.3 Å². The van der Waals surface area contributed by atoms with Crippen LogP contribution in [0, 0.1) is 0 Å². The van der Waals surface area contributed by atoms with Crippen LogP contribution in [0.15, 0.2) is 0 Å². The Kier molecular flexibility index (Phi) is 7.23. The van der Waals surface area contributed by atoms with Crippen LogP contribution in [0.25, 0.3) is 0 Å². The minimum Gasteiger partial charge on any atom is -0.394 e. The van der Waals surface area contributed by atoms with Crippen LogP contribution in [0.3, 0.4) is 0 Å². The summed E-state index contributed by atoms with van der Waals surface area (Å²) in [6, 6.07) is 0. The van der Waals surface area contributed by atoms with Crippen molar-refractivity contribution in [2.45, 2.75) is 81.0 Å². The normalized spacial score (nSPS) is 47.1. The van der Waals surface area contributed by atoms with E-state index in [4.69, 9.17) is 18.9 Å². The fourth-order valence-corrected chi connectivity index (χ4v) is 3.86. The summed E-state index contributed by atoms with van der Waals surface area (Å²) in [7, 11) is 0. The molecule has 6 fully saturated rings. The first-order valence-corrected chi connectivity index (χ1v) is 9.49. The summed E-state index contributed by atoms with van der Waals surface area (Å²) in [4.78, 5) is 11.3. The van der Waals surface area contributed by atoms with Gasteiger partial charge in [0.25, 0.3) is 0 Å². The molecule has 6 heterocycles. The van der Waals surface area contributed by atoms with Crippen LogP contribution in [-0.4, -0.2) is 112 Å². The number of amides is 1. The summed E-state index contributed by atoms with van der Waals surface area (Å²) in [5, 5.41) is 54.0. The molecule has 0 aromatic rings. The lowest BCUT2D eigenvalue weighted by Crippen LogP contribution is -2.65. The number of nitrogens with one attached hydrogen (secondary N) is 1. The molecule has 4 bridgehead atoms. The average molecular weight is 407 g/mol. The summed E-state index contributed by atoms with van der Waals surface area (Å²) in [6.07, 6.45) is -10.8. The number of hydrogen-bond donors (Lipinski definition) is 6. The van der Waals surface area contributed by atoms with Crippen LogP contribution >= 0.6 is 0 Å². The molecule has 6 aliphatic heterocycles. The molecule has 6 N–H and O–H groups in total. The molecule has 28 heavy (non-hydrogen) atoms. The summed E-state index contributed by atoms with van der Waals surface area (Å²) < 4.78 is 22.7. The third-order valence-electron chi connectivity index (χ3n) is 5.39. The van der Waals surface area contributed by atoms with Crippen molar-refractivity contribution in [3.8, 4) is 0 Å². The molecule has 10 atom stereocenters. The Hall–Kier alpha value is -0.890. The second-order valence-electron chi connectivity index (χ2n) is 7.42. The first kappa shape index (κ1) is 21.8. The molecule has 11 heteroatoms. The van der Waals surface area contributed by atoms with E-state index in [1.807, 2.05) is 0 Å². The fraction of sp³-hybridized carbons (Fsp3) is 0.941. The number of hydrogen-bond acceptors (Lipinski definition) is 10. The van der Waals surface area contributed by atoms with Crippen molar-refractivity contribution < 1.29 is 49.3 Å². The van der Waals surface area contributed by atoms with E-state index in [2.05, 4.69) is 5.32 Å². The van der Waals surface area contributed by atoms with Gasteiger partial charge in [0.1, 0.15) is 48.8 Å². The van der Waals surface area contributed by atoms with Crippen molar-refractivity contribution in [3.63, 3.8) is 0 Å². The van der Waals surface area contributed by atoms with Gasteiger partial charge in [-0.1, -0.05) is 0 Å². The predicted molar refractivity (Wildman–Crippen MR) is 91.0 cm³/mol. The third kappa shape index (κ3) is 4.48. The maximum Gasteiger partial charge on any atom is 0.216 e. The molecule has 0 spiro atoms. The monoisotopic (exact) mass is 407 g/mol. The SMILES string of the molecule is CC(=O)NC[C@H]1O[C@@H]2OC3[C@@H](CO)O[C@H](CCCO[C@H]1[C@H](O)[C@H]2O)[C@H](O)[C@H]3O. The van der Waals surface area contributed by atoms with Crippen LogP contribution in [0.5, 0.6) is 0 Å². The molecule has 6 aliphatic rings. The quantitative estimate of drug-likeness (QED) is 0.278. The molecule has 0 aromatic heterocycles. The van der Waals surface area contributed by atoms with Crippen LogP contribution in [0.2, 0.25) is 0 Å². The number of carbonyl (C=O) groups is 1. The highest BCUT2D eigenvalue weighted by molar-refractivity contribution is 5.72. The van der Waals surface area contributed by atoms with Gasteiger partial charge in [0.05, 0.1) is 12.7 Å². The summed E-state index contributed by atoms with van der Waals surface area (Å²) in [5.41, 5.74) is 0. The van der Waals surface area contributed by atoms with Gasteiger partial charge in [-0.15, -0.1) is 0 Å².